The van der Waals surface area contributed by atoms with Gasteiger partial charge in [0.2, 0.25) is 0 Å². The number of hydrogen-bond donors (Lipinski definition) is 2. The maximum absolute atomic E-state index is 10.7. The molecule has 0 atom stereocenters. The van der Waals surface area contributed by atoms with Crippen molar-refractivity contribution in [3.63, 3.8) is 0 Å². The van der Waals surface area contributed by atoms with Gasteiger partial charge in [0, 0.05) is 0 Å². The monoisotopic (exact) mass is 244 g/mol. The van der Waals surface area contributed by atoms with Crippen LogP contribution >= 0.6 is 0 Å². The molecule has 0 aliphatic carbocycles. The van der Waals surface area contributed by atoms with Crippen LogP contribution in [0.5, 0.6) is 0 Å². The molecule has 1 rings (SSSR count). The second kappa shape index (κ2) is 5.63. The van der Waals surface area contributed by atoms with Crippen LogP contribution in [-0.4, -0.2) is 22.2 Å². The van der Waals surface area contributed by atoms with E-state index in [-0.39, 0.29) is 11.1 Å². The minimum Gasteiger partial charge on any atom is -0.478 e. The minimum absolute atomic E-state index is 0.0432. The molecule has 1 aromatic carbocycles. The zero-order valence-electron chi connectivity index (χ0n) is 9.59. The largest absolute Gasteiger partial charge is 0.478 e. The van der Waals surface area contributed by atoms with Gasteiger partial charge in [-0.3, -0.25) is 0 Å². The van der Waals surface area contributed by atoms with Crippen LogP contribution in [-0.2, 0) is 4.79 Å². The van der Waals surface area contributed by atoms with Crippen molar-refractivity contribution in [2.45, 2.75) is 0 Å². The van der Waals surface area contributed by atoms with Crippen molar-refractivity contribution >= 4 is 17.5 Å². The number of hydrogen-bond acceptors (Lipinski definition) is 2. The van der Waals surface area contributed by atoms with Crippen molar-refractivity contribution in [3.05, 3.63) is 66.3 Å². The van der Waals surface area contributed by atoms with Gasteiger partial charge in [0.05, 0.1) is 11.1 Å². The molecule has 1 aromatic rings. The van der Waals surface area contributed by atoms with Gasteiger partial charge in [-0.1, -0.05) is 31.4 Å². The molecule has 0 saturated carbocycles. The Morgan fingerprint density at radius 2 is 1.44 bits per heavy atom. The normalized spacial score (nSPS) is 10.2. The van der Waals surface area contributed by atoms with Crippen molar-refractivity contribution in [3.8, 4) is 0 Å². The SMILES string of the molecule is C=C(/C=C\C(=C)c1ccc(C(=O)O)cc1)C(=O)O. The van der Waals surface area contributed by atoms with Crippen LogP contribution < -0.4 is 0 Å². The van der Waals surface area contributed by atoms with Gasteiger partial charge in [0.1, 0.15) is 0 Å². The average molecular weight is 244 g/mol. The first-order chi connectivity index (χ1) is 8.41. The van der Waals surface area contributed by atoms with Gasteiger partial charge >= 0.3 is 11.9 Å². The second-order valence-corrected chi connectivity index (χ2v) is 3.57. The van der Waals surface area contributed by atoms with Crippen molar-refractivity contribution in [2.75, 3.05) is 0 Å². The van der Waals surface area contributed by atoms with Crippen LogP contribution in [0.2, 0.25) is 0 Å². The minimum atomic E-state index is -1.10. The lowest BCUT2D eigenvalue weighted by atomic mass is 10.0. The molecule has 0 spiro atoms. The molecule has 0 aromatic heterocycles. The number of aliphatic carboxylic acids is 1. The summed E-state index contributed by atoms with van der Waals surface area (Å²) in [5.74, 6) is -2.10. The number of carboxylic acid groups (broad SMARTS) is 2. The quantitative estimate of drug-likeness (QED) is 0.616. The molecule has 18 heavy (non-hydrogen) atoms. The van der Waals surface area contributed by atoms with E-state index in [1.54, 1.807) is 12.1 Å². The van der Waals surface area contributed by atoms with Crippen LogP contribution in [0.15, 0.2) is 55.1 Å². The van der Waals surface area contributed by atoms with E-state index in [2.05, 4.69) is 13.2 Å². The third-order valence-electron chi connectivity index (χ3n) is 2.26. The van der Waals surface area contributed by atoms with Crippen molar-refractivity contribution < 1.29 is 19.8 Å². The molecule has 0 heterocycles. The van der Waals surface area contributed by atoms with E-state index in [0.29, 0.717) is 5.57 Å². The van der Waals surface area contributed by atoms with Gasteiger partial charge < -0.3 is 10.2 Å². The van der Waals surface area contributed by atoms with Gasteiger partial charge in [0.25, 0.3) is 0 Å². The Morgan fingerprint density at radius 1 is 0.944 bits per heavy atom. The fourth-order valence-corrected chi connectivity index (χ4v) is 1.20. The number of carboxylic acids is 2. The number of allylic oxidation sites excluding steroid dienone is 2. The summed E-state index contributed by atoms with van der Waals surface area (Å²) in [4.78, 5) is 21.2. The number of carbonyl (C=O) groups is 2. The van der Waals surface area contributed by atoms with Gasteiger partial charge in [-0.25, -0.2) is 9.59 Å². The Bertz CT molecular complexity index is 535. The number of benzene rings is 1. The Labute approximate surface area is 104 Å². The zero-order valence-corrected chi connectivity index (χ0v) is 9.59. The Morgan fingerprint density at radius 3 is 1.89 bits per heavy atom. The molecule has 4 heteroatoms. The maximum atomic E-state index is 10.7. The molecule has 0 aliphatic rings. The van der Waals surface area contributed by atoms with Crippen LogP contribution in [0.1, 0.15) is 15.9 Å². The predicted octanol–water partition coefficient (Wildman–Crippen LogP) is 2.59. The van der Waals surface area contributed by atoms with Crippen LogP contribution in [0.4, 0.5) is 0 Å². The van der Waals surface area contributed by atoms with E-state index >= 15 is 0 Å². The molecule has 4 nitrogen and oxygen atoms in total. The third-order valence-corrected chi connectivity index (χ3v) is 2.26. The Hall–Kier alpha value is -2.62. The second-order valence-electron chi connectivity index (χ2n) is 3.57. The van der Waals surface area contributed by atoms with E-state index in [0.717, 1.165) is 5.56 Å². The highest BCUT2D eigenvalue weighted by Gasteiger charge is 2.03. The standard InChI is InChI=1S/C14H12O4/c1-9(3-4-10(2)13(15)16)11-5-7-12(8-6-11)14(17)18/h3-8H,1-2H2,(H,15,16)(H,17,18)/b4-3-. The smallest absolute Gasteiger partial charge is 0.335 e. The average Bonchev–Trinajstić information content (AvgIpc) is 2.35. The summed E-state index contributed by atoms with van der Waals surface area (Å²) < 4.78 is 0. The van der Waals surface area contributed by atoms with E-state index in [1.165, 1.54) is 24.3 Å². The third kappa shape index (κ3) is 3.45. The summed E-state index contributed by atoms with van der Waals surface area (Å²) in [5, 5.41) is 17.4. The lowest BCUT2D eigenvalue weighted by molar-refractivity contribution is -0.132. The number of aromatic carboxylic acids is 1. The van der Waals surface area contributed by atoms with Gasteiger partial charge in [-0.15, -0.1) is 0 Å². The van der Waals surface area contributed by atoms with E-state index in [4.69, 9.17) is 10.2 Å². The maximum Gasteiger partial charge on any atom is 0.335 e. The molecule has 0 radical (unpaired) electrons. The summed E-state index contributed by atoms with van der Waals surface area (Å²) in [6.07, 6.45) is 2.86. The molecular formula is C14H12O4. The number of rotatable bonds is 5. The van der Waals surface area contributed by atoms with E-state index in [9.17, 15) is 9.59 Å². The van der Waals surface area contributed by atoms with Crippen molar-refractivity contribution in [2.24, 2.45) is 0 Å². The molecule has 0 amide bonds. The molecule has 0 aliphatic heterocycles. The van der Waals surface area contributed by atoms with Gasteiger partial charge in [0.15, 0.2) is 0 Å². The lowest BCUT2D eigenvalue weighted by Crippen LogP contribution is -1.96. The first kappa shape index (κ1) is 13.4. The summed E-state index contributed by atoms with van der Waals surface area (Å²) >= 11 is 0. The van der Waals surface area contributed by atoms with E-state index in [1.807, 2.05) is 0 Å². The van der Waals surface area contributed by atoms with Crippen LogP contribution in [0.25, 0.3) is 5.57 Å². The Kier molecular flexibility index (Phi) is 4.21. The molecule has 0 unspecified atom stereocenters. The fraction of sp³-hybridized carbons (Fsp3) is 0. The zero-order chi connectivity index (χ0) is 13.7. The fourth-order valence-electron chi connectivity index (χ4n) is 1.20. The first-order valence-electron chi connectivity index (χ1n) is 5.04. The molecule has 0 saturated heterocycles. The molecule has 0 fully saturated rings. The highest BCUT2D eigenvalue weighted by atomic mass is 16.4. The van der Waals surface area contributed by atoms with Gasteiger partial charge in [-0.05, 0) is 29.3 Å². The van der Waals surface area contributed by atoms with E-state index < -0.39 is 11.9 Å². The highest BCUT2D eigenvalue weighted by molar-refractivity contribution is 5.90. The summed E-state index contributed by atoms with van der Waals surface area (Å²) in [6, 6.07) is 6.14. The highest BCUT2D eigenvalue weighted by Crippen LogP contribution is 2.15. The van der Waals surface area contributed by atoms with Crippen LogP contribution in [0.3, 0.4) is 0 Å². The molecular weight excluding hydrogens is 232 g/mol. The topological polar surface area (TPSA) is 74.6 Å². The summed E-state index contributed by atoms with van der Waals surface area (Å²) in [5.41, 5.74) is 1.44. The lowest BCUT2D eigenvalue weighted by Gasteiger charge is -2.01. The van der Waals surface area contributed by atoms with Crippen LogP contribution in [0, 0.1) is 0 Å². The van der Waals surface area contributed by atoms with Crippen molar-refractivity contribution in [1.82, 2.24) is 0 Å². The first-order valence-corrected chi connectivity index (χ1v) is 5.04. The summed E-state index contributed by atoms with van der Waals surface area (Å²) in [7, 11) is 0. The summed E-state index contributed by atoms with van der Waals surface area (Å²) in [6.45, 7) is 7.11. The van der Waals surface area contributed by atoms with Crippen molar-refractivity contribution in [1.29, 1.82) is 0 Å². The Balaban J connectivity index is 2.82. The molecule has 2 N–H and O–H groups in total. The molecule has 92 valence electrons. The molecule has 0 bridgehead atoms. The van der Waals surface area contributed by atoms with Gasteiger partial charge in [-0.2, -0.15) is 0 Å². The predicted molar refractivity (Wildman–Crippen MR) is 68.4 cm³/mol.